The predicted molar refractivity (Wildman–Crippen MR) is 75.6 cm³/mol. The number of rotatable bonds is 1. The van der Waals surface area contributed by atoms with Crippen molar-refractivity contribution >= 4 is 21.7 Å². The SMILES string of the molecule is Cc1cc(Br)cnc1N1CCN(C)C(C)(C)C1. The molecule has 0 amide bonds. The Balaban J connectivity index is 2.24. The van der Waals surface area contributed by atoms with Crippen LogP contribution < -0.4 is 4.90 Å². The lowest BCUT2D eigenvalue weighted by atomic mass is 9.99. The Morgan fingerprint density at radius 1 is 1.35 bits per heavy atom. The average Bonchev–Trinajstić information content (AvgIpc) is 2.22. The van der Waals surface area contributed by atoms with Gasteiger partial charge in [0.05, 0.1) is 0 Å². The molecule has 2 rings (SSSR count). The molecule has 0 saturated carbocycles. The molecule has 0 atom stereocenters. The van der Waals surface area contributed by atoms with Crippen molar-refractivity contribution in [3.63, 3.8) is 0 Å². The monoisotopic (exact) mass is 297 g/mol. The molecule has 0 spiro atoms. The zero-order valence-electron chi connectivity index (χ0n) is 11.0. The van der Waals surface area contributed by atoms with Crippen LogP contribution in [0, 0.1) is 6.92 Å². The summed E-state index contributed by atoms with van der Waals surface area (Å²) in [7, 11) is 2.19. The summed E-state index contributed by atoms with van der Waals surface area (Å²) in [5.41, 5.74) is 1.44. The zero-order chi connectivity index (χ0) is 12.6. The largest absolute Gasteiger partial charge is 0.353 e. The summed E-state index contributed by atoms with van der Waals surface area (Å²) in [6, 6.07) is 2.13. The highest BCUT2D eigenvalue weighted by molar-refractivity contribution is 9.10. The number of aryl methyl sites for hydroxylation is 1. The second-order valence-corrected chi connectivity index (χ2v) is 6.37. The van der Waals surface area contributed by atoms with Crippen molar-refractivity contribution in [2.45, 2.75) is 26.3 Å². The zero-order valence-corrected chi connectivity index (χ0v) is 12.6. The lowest BCUT2D eigenvalue weighted by Gasteiger charge is -2.46. The summed E-state index contributed by atoms with van der Waals surface area (Å²) in [4.78, 5) is 9.36. The third-order valence-electron chi connectivity index (χ3n) is 3.63. The van der Waals surface area contributed by atoms with Crippen LogP contribution in [-0.2, 0) is 0 Å². The Labute approximate surface area is 112 Å². The van der Waals surface area contributed by atoms with E-state index in [4.69, 9.17) is 0 Å². The van der Waals surface area contributed by atoms with E-state index in [0.717, 1.165) is 29.9 Å². The molecule has 1 aromatic rings. The number of nitrogens with zero attached hydrogens (tertiary/aromatic N) is 3. The summed E-state index contributed by atoms with van der Waals surface area (Å²) >= 11 is 3.46. The second kappa shape index (κ2) is 4.58. The van der Waals surface area contributed by atoms with Gasteiger partial charge in [0.15, 0.2) is 0 Å². The van der Waals surface area contributed by atoms with Gasteiger partial charge >= 0.3 is 0 Å². The minimum absolute atomic E-state index is 0.208. The van der Waals surface area contributed by atoms with Crippen molar-refractivity contribution in [2.75, 3.05) is 31.6 Å². The van der Waals surface area contributed by atoms with Gasteiger partial charge in [0, 0.05) is 35.8 Å². The lowest BCUT2D eigenvalue weighted by molar-refractivity contribution is 0.138. The average molecular weight is 298 g/mol. The van der Waals surface area contributed by atoms with Crippen LogP contribution >= 0.6 is 15.9 Å². The standard InChI is InChI=1S/C13H20BrN3/c1-10-7-11(14)8-15-12(10)17-6-5-16(4)13(2,3)9-17/h7-8H,5-6,9H2,1-4H3. The maximum atomic E-state index is 4.55. The fourth-order valence-corrected chi connectivity index (χ4v) is 2.73. The third kappa shape index (κ3) is 2.63. The van der Waals surface area contributed by atoms with Gasteiger partial charge in [0.1, 0.15) is 5.82 Å². The summed E-state index contributed by atoms with van der Waals surface area (Å²) in [5.74, 6) is 1.12. The highest BCUT2D eigenvalue weighted by Crippen LogP contribution is 2.26. The molecule has 0 N–H and O–H groups in total. The van der Waals surface area contributed by atoms with E-state index in [1.165, 1.54) is 5.56 Å². The van der Waals surface area contributed by atoms with Crippen LogP contribution in [0.3, 0.4) is 0 Å². The number of aromatic nitrogens is 1. The Bertz CT molecular complexity index is 417. The number of hydrogen-bond acceptors (Lipinski definition) is 3. The molecule has 1 fully saturated rings. The van der Waals surface area contributed by atoms with Crippen molar-refractivity contribution in [3.8, 4) is 0 Å². The van der Waals surface area contributed by atoms with E-state index >= 15 is 0 Å². The summed E-state index contributed by atoms with van der Waals surface area (Å²) in [5, 5.41) is 0. The Morgan fingerprint density at radius 2 is 2.06 bits per heavy atom. The Hall–Kier alpha value is -0.610. The van der Waals surface area contributed by atoms with E-state index in [9.17, 15) is 0 Å². The molecule has 1 aromatic heterocycles. The van der Waals surface area contributed by atoms with Gasteiger partial charge in [-0.15, -0.1) is 0 Å². The van der Waals surface area contributed by atoms with E-state index in [0.29, 0.717) is 0 Å². The van der Waals surface area contributed by atoms with E-state index in [1.54, 1.807) is 0 Å². The lowest BCUT2D eigenvalue weighted by Crippen LogP contribution is -2.58. The summed E-state index contributed by atoms with van der Waals surface area (Å²) < 4.78 is 1.05. The molecule has 0 bridgehead atoms. The van der Waals surface area contributed by atoms with Crippen LogP contribution in [0.4, 0.5) is 5.82 Å². The first-order valence-electron chi connectivity index (χ1n) is 5.98. The van der Waals surface area contributed by atoms with Crippen molar-refractivity contribution < 1.29 is 0 Å². The minimum atomic E-state index is 0.208. The van der Waals surface area contributed by atoms with Gasteiger partial charge in [-0.25, -0.2) is 4.98 Å². The van der Waals surface area contributed by atoms with Crippen LogP contribution in [0.25, 0.3) is 0 Å². The topological polar surface area (TPSA) is 19.4 Å². The summed E-state index contributed by atoms with van der Waals surface area (Å²) in [6.45, 7) is 9.86. The maximum absolute atomic E-state index is 4.55. The van der Waals surface area contributed by atoms with Crippen LogP contribution in [-0.4, -0.2) is 42.1 Å². The van der Waals surface area contributed by atoms with Gasteiger partial charge < -0.3 is 4.90 Å². The molecule has 0 aromatic carbocycles. The van der Waals surface area contributed by atoms with Gasteiger partial charge in [-0.3, -0.25) is 4.90 Å². The van der Waals surface area contributed by atoms with Crippen molar-refractivity contribution in [1.29, 1.82) is 0 Å². The van der Waals surface area contributed by atoms with Crippen molar-refractivity contribution in [2.24, 2.45) is 0 Å². The highest BCUT2D eigenvalue weighted by atomic mass is 79.9. The number of halogens is 1. The Kier molecular flexibility index (Phi) is 3.46. The fourth-order valence-electron chi connectivity index (χ4n) is 2.29. The van der Waals surface area contributed by atoms with Crippen LogP contribution in [0.5, 0.6) is 0 Å². The molecule has 1 aliphatic rings. The molecular formula is C13H20BrN3. The van der Waals surface area contributed by atoms with E-state index in [1.807, 2.05) is 6.20 Å². The van der Waals surface area contributed by atoms with Crippen molar-refractivity contribution in [3.05, 3.63) is 22.3 Å². The predicted octanol–water partition coefficient (Wildman–Crippen LogP) is 2.68. The molecule has 0 unspecified atom stereocenters. The molecule has 1 aliphatic heterocycles. The normalized spacial score (nSPS) is 20.6. The number of hydrogen-bond donors (Lipinski definition) is 0. The molecule has 17 heavy (non-hydrogen) atoms. The first kappa shape index (κ1) is 12.8. The maximum Gasteiger partial charge on any atom is 0.131 e. The van der Waals surface area contributed by atoms with Gasteiger partial charge in [0.25, 0.3) is 0 Å². The number of anilines is 1. The molecule has 94 valence electrons. The van der Waals surface area contributed by atoms with Crippen LogP contribution in [0.2, 0.25) is 0 Å². The molecule has 4 heteroatoms. The number of likely N-dealkylation sites (N-methyl/N-ethyl adjacent to an activating group) is 1. The van der Waals surface area contributed by atoms with Gasteiger partial charge in [0.2, 0.25) is 0 Å². The summed E-state index contributed by atoms with van der Waals surface area (Å²) in [6.07, 6.45) is 1.88. The molecule has 2 heterocycles. The Morgan fingerprint density at radius 3 is 2.65 bits per heavy atom. The molecule has 0 radical (unpaired) electrons. The van der Waals surface area contributed by atoms with Crippen molar-refractivity contribution in [1.82, 2.24) is 9.88 Å². The number of pyridine rings is 1. The van der Waals surface area contributed by atoms with Gasteiger partial charge in [-0.1, -0.05) is 0 Å². The van der Waals surface area contributed by atoms with Gasteiger partial charge in [-0.05, 0) is 55.4 Å². The second-order valence-electron chi connectivity index (χ2n) is 5.45. The number of piperazine rings is 1. The first-order valence-corrected chi connectivity index (χ1v) is 6.78. The van der Waals surface area contributed by atoms with E-state index in [-0.39, 0.29) is 5.54 Å². The smallest absolute Gasteiger partial charge is 0.131 e. The molecule has 0 aliphatic carbocycles. The molecule has 1 saturated heterocycles. The van der Waals surface area contributed by atoms with Crippen LogP contribution in [0.1, 0.15) is 19.4 Å². The fraction of sp³-hybridized carbons (Fsp3) is 0.615. The van der Waals surface area contributed by atoms with E-state index < -0.39 is 0 Å². The molecule has 3 nitrogen and oxygen atoms in total. The molecular weight excluding hydrogens is 278 g/mol. The first-order chi connectivity index (χ1) is 7.90. The minimum Gasteiger partial charge on any atom is -0.353 e. The van der Waals surface area contributed by atoms with Crippen LogP contribution in [0.15, 0.2) is 16.7 Å². The quantitative estimate of drug-likeness (QED) is 0.794. The highest BCUT2D eigenvalue weighted by Gasteiger charge is 2.31. The van der Waals surface area contributed by atoms with E-state index in [2.05, 4.69) is 64.6 Å². The van der Waals surface area contributed by atoms with Gasteiger partial charge in [-0.2, -0.15) is 0 Å². The third-order valence-corrected chi connectivity index (χ3v) is 4.07.